The number of nitriles is 1. The fourth-order valence-electron chi connectivity index (χ4n) is 2.59. The second-order valence-electron chi connectivity index (χ2n) is 6.20. The number of alkyl halides is 3. The monoisotopic (exact) mass is 525 g/mol. The van der Waals surface area contributed by atoms with Crippen molar-refractivity contribution in [3.8, 4) is 17.3 Å². The van der Waals surface area contributed by atoms with Crippen LogP contribution in [0.25, 0.3) is 11.3 Å². The molecule has 2 aromatic carbocycles. The van der Waals surface area contributed by atoms with Crippen molar-refractivity contribution in [2.24, 2.45) is 0 Å². The van der Waals surface area contributed by atoms with E-state index in [4.69, 9.17) is 11.6 Å². The molecule has 4 nitrogen and oxygen atoms in total. The quantitative estimate of drug-likeness (QED) is 0.372. The number of carbonyl (C=O) groups is 1. The molecule has 0 unspecified atom stereocenters. The van der Waals surface area contributed by atoms with Crippen LogP contribution in [-0.2, 0) is 11.0 Å². The Morgan fingerprint density at radius 3 is 2.39 bits per heavy atom. The molecule has 0 aliphatic carbocycles. The third-order valence-corrected chi connectivity index (χ3v) is 5.77. The summed E-state index contributed by atoms with van der Waals surface area (Å²) >= 11 is 9.84. The second kappa shape index (κ2) is 9.73. The van der Waals surface area contributed by atoms with Gasteiger partial charge in [-0.05, 0) is 42.5 Å². The van der Waals surface area contributed by atoms with Gasteiger partial charge in [0.05, 0.1) is 22.6 Å². The van der Waals surface area contributed by atoms with Crippen LogP contribution in [-0.4, -0.2) is 16.6 Å². The minimum absolute atomic E-state index is 0.0550. The maximum atomic E-state index is 13.6. The van der Waals surface area contributed by atoms with Crippen molar-refractivity contribution in [2.45, 2.75) is 11.2 Å². The maximum absolute atomic E-state index is 13.6. The van der Waals surface area contributed by atoms with Gasteiger partial charge in [-0.1, -0.05) is 51.4 Å². The van der Waals surface area contributed by atoms with Crippen molar-refractivity contribution >= 4 is 50.9 Å². The molecule has 31 heavy (non-hydrogen) atoms. The topological polar surface area (TPSA) is 65.8 Å². The molecule has 1 aromatic heterocycles. The van der Waals surface area contributed by atoms with Gasteiger partial charge in [-0.15, -0.1) is 0 Å². The molecule has 3 aromatic rings. The summed E-state index contributed by atoms with van der Waals surface area (Å²) in [6.07, 6.45) is -4.75. The van der Waals surface area contributed by atoms with Gasteiger partial charge in [0.15, 0.2) is 0 Å². The number of pyridine rings is 1. The zero-order chi connectivity index (χ0) is 22.6. The SMILES string of the molecule is N#Cc1c(C(F)(F)F)cc(-c2ccc(Br)cc2)nc1SCC(=O)Nc1ccc(Cl)cc1. The third-order valence-electron chi connectivity index (χ3n) is 4.01. The van der Waals surface area contributed by atoms with E-state index in [-0.39, 0.29) is 16.5 Å². The summed E-state index contributed by atoms with van der Waals surface area (Å²) in [6, 6.07) is 15.4. The Morgan fingerprint density at radius 2 is 1.81 bits per heavy atom. The highest BCUT2D eigenvalue weighted by Crippen LogP contribution is 2.38. The molecule has 158 valence electrons. The first kappa shape index (κ1) is 23.1. The predicted octanol–water partition coefficient (Wildman–Crippen LogP) is 6.79. The van der Waals surface area contributed by atoms with Gasteiger partial charge in [0.2, 0.25) is 5.91 Å². The molecule has 0 saturated heterocycles. The summed E-state index contributed by atoms with van der Waals surface area (Å²) in [5.41, 5.74) is -0.714. The van der Waals surface area contributed by atoms with Crippen LogP contribution in [0.2, 0.25) is 5.02 Å². The lowest BCUT2D eigenvalue weighted by Crippen LogP contribution is -2.15. The van der Waals surface area contributed by atoms with Gasteiger partial charge in [0.25, 0.3) is 0 Å². The summed E-state index contributed by atoms with van der Waals surface area (Å²) < 4.78 is 41.6. The van der Waals surface area contributed by atoms with Crippen molar-refractivity contribution < 1.29 is 18.0 Å². The highest BCUT2D eigenvalue weighted by atomic mass is 79.9. The van der Waals surface area contributed by atoms with Crippen molar-refractivity contribution in [1.82, 2.24) is 4.98 Å². The van der Waals surface area contributed by atoms with Crippen molar-refractivity contribution in [3.63, 3.8) is 0 Å². The minimum atomic E-state index is -4.75. The molecule has 0 saturated carbocycles. The van der Waals surface area contributed by atoms with E-state index < -0.39 is 23.2 Å². The number of amides is 1. The molecule has 1 amide bonds. The zero-order valence-corrected chi connectivity index (χ0v) is 18.7. The highest BCUT2D eigenvalue weighted by Gasteiger charge is 2.36. The molecular weight excluding hydrogens is 515 g/mol. The lowest BCUT2D eigenvalue weighted by Gasteiger charge is -2.14. The fourth-order valence-corrected chi connectivity index (χ4v) is 3.78. The smallest absolute Gasteiger partial charge is 0.325 e. The molecule has 3 rings (SSSR count). The number of halogens is 5. The van der Waals surface area contributed by atoms with Gasteiger partial charge in [0.1, 0.15) is 11.1 Å². The van der Waals surface area contributed by atoms with Gasteiger partial charge in [-0.2, -0.15) is 18.4 Å². The Labute approximate surface area is 193 Å². The van der Waals surface area contributed by atoms with E-state index >= 15 is 0 Å². The summed E-state index contributed by atoms with van der Waals surface area (Å²) in [4.78, 5) is 16.5. The number of aromatic nitrogens is 1. The van der Waals surface area contributed by atoms with E-state index in [9.17, 15) is 23.2 Å². The van der Waals surface area contributed by atoms with Crippen LogP contribution < -0.4 is 5.32 Å². The molecule has 0 fully saturated rings. The number of rotatable bonds is 5. The molecule has 0 bridgehead atoms. The molecule has 1 heterocycles. The van der Waals surface area contributed by atoms with E-state index in [2.05, 4.69) is 26.2 Å². The Morgan fingerprint density at radius 1 is 1.16 bits per heavy atom. The Kier molecular flexibility index (Phi) is 7.26. The minimum Gasteiger partial charge on any atom is -0.325 e. The standard InChI is InChI=1S/C21H12BrClF3N3OS/c22-13-3-1-12(2-4-13)18-9-17(21(24,25)26)16(10-27)20(29-18)31-11-19(30)28-15-7-5-14(23)6-8-15/h1-9H,11H2,(H,28,30). The number of hydrogen-bond acceptors (Lipinski definition) is 4. The number of anilines is 1. The van der Waals surface area contributed by atoms with Crippen molar-refractivity contribution in [3.05, 3.63) is 75.2 Å². The first-order valence-electron chi connectivity index (χ1n) is 8.64. The molecule has 0 aliphatic heterocycles. The number of hydrogen-bond donors (Lipinski definition) is 1. The van der Waals surface area contributed by atoms with E-state index in [0.717, 1.165) is 22.3 Å². The Bertz CT molecular complexity index is 1150. The average molecular weight is 527 g/mol. The number of thioether (sulfide) groups is 1. The largest absolute Gasteiger partial charge is 0.417 e. The molecule has 0 aliphatic rings. The maximum Gasteiger partial charge on any atom is 0.417 e. The normalized spacial score (nSPS) is 11.1. The average Bonchev–Trinajstić information content (AvgIpc) is 2.73. The number of benzene rings is 2. The second-order valence-corrected chi connectivity index (χ2v) is 8.51. The summed E-state index contributed by atoms with van der Waals surface area (Å²) in [6.45, 7) is 0. The van der Waals surface area contributed by atoms with Crippen LogP contribution in [0.15, 0.2) is 64.1 Å². The van der Waals surface area contributed by atoms with Crippen LogP contribution in [0.1, 0.15) is 11.1 Å². The van der Waals surface area contributed by atoms with Gasteiger partial charge < -0.3 is 5.32 Å². The lowest BCUT2D eigenvalue weighted by atomic mass is 10.1. The van der Waals surface area contributed by atoms with Crippen LogP contribution in [0.5, 0.6) is 0 Å². The van der Waals surface area contributed by atoms with E-state index in [1.165, 1.54) is 0 Å². The molecule has 1 N–H and O–H groups in total. The third kappa shape index (κ3) is 6.00. The van der Waals surface area contributed by atoms with Crippen molar-refractivity contribution in [2.75, 3.05) is 11.1 Å². The van der Waals surface area contributed by atoms with Gasteiger partial charge in [-0.3, -0.25) is 4.79 Å². The van der Waals surface area contributed by atoms with E-state index in [1.807, 2.05) is 0 Å². The summed E-state index contributed by atoms with van der Waals surface area (Å²) in [7, 11) is 0. The van der Waals surface area contributed by atoms with E-state index in [0.29, 0.717) is 16.3 Å². The van der Waals surface area contributed by atoms with Crippen LogP contribution in [0.4, 0.5) is 18.9 Å². The van der Waals surface area contributed by atoms with E-state index in [1.54, 1.807) is 54.6 Å². The van der Waals surface area contributed by atoms with Gasteiger partial charge >= 0.3 is 6.18 Å². The lowest BCUT2D eigenvalue weighted by molar-refractivity contribution is -0.138. The van der Waals surface area contributed by atoms with Gasteiger partial charge in [-0.25, -0.2) is 4.98 Å². The van der Waals surface area contributed by atoms with Crippen LogP contribution in [0.3, 0.4) is 0 Å². The Hall–Kier alpha value is -2.54. The predicted molar refractivity (Wildman–Crippen MR) is 118 cm³/mol. The Balaban J connectivity index is 1.91. The summed E-state index contributed by atoms with van der Waals surface area (Å²) in [5.74, 6) is -0.689. The molecule has 0 atom stereocenters. The molecule has 0 radical (unpaired) electrons. The van der Waals surface area contributed by atoms with Crippen molar-refractivity contribution in [1.29, 1.82) is 5.26 Å². The van der Waals surface area contributed by atoms with Gasteiger partial charge in [0, 0.05) is 20.7 Å². The fraction of sp³-hybridized carbons (Fsp3) is 0.0952. The molecular formula is C21H12BrClF3N3OS. The number of carbonyl (C=O) groups excluding carboxylic acids is 1. The van der Waals surface area contributed by atoms with Crippen LogP contribution >= 0.6 is 39.3 Å². The number of nitrogens with zero attached hydrogens (tertiary/aromatic N) is 2. The summed E-state index contributed by atoms with van der Waals surface area (Å²) in [5, 5.41) is 12.3. The number of nitrogens with one attached hydrogen (secondary N) is 1. The first-order chi connectivity index (χ1) is 14.7. The molecule has 0 spiro atoms. The zero-order valence-electron chi connectivity index (χ0n) is 15.5. The highest BCUT2D eigenvalue weighted by molar-refractivity contribution is 9.10. The molecule has 10 heteroatoms. The van der Waals surface area contributed by atoms with Crippen LogP contribution in [0, 0.1) is 11.3 Å². The first-order valence-corrected chi connectivity index (χ1v) is 10.8.